The lowest BCUT2D eigenvalue weighted by atomic mass is 10.1. The molecule has 0 saturated carbocycles. The van der Waals surface area contributed by atoms with Crippen molar-refractivity contribution in [3.63, 3.8) is 0 Å². The number of hydrogen-bond acceptors (Lipinski definition) is 4. The number of amides is 1. The van der Waals surface area contributed by atoms with E-state index in [9.17, 15) is 4.79 Å². The molecule has 0 aromatic heterocycles. The predicted octanol–water partition coefficient (Wildman–Crippen LogP) is 2.28. The summed E-state index contributed by atoms with van der Waals surface area (Å²) in [5, 5.41) is 3.65. The third kappa shape index (κ3) is 3.71. The van der Waals surface area contributed by atoms with Gasteiger partial charge >= 0.3 is 0 Å². The summed E-state index contributed by atoms with van der Waals surface area (Å²) in [5.74, 6) is 0.121. The van der Waals surface area contributed by atoms with Crippen LogP contribution in [0.15, 0.2) is 29.2 Å². The van der Waals surface area contributed by atoms with Gasteiger partial charge in [0.05, 0.1) is 12.2 Å². The zero-order chi connectivity index (χ0) is 14.7. The zero-order valence-electron chi connectivity index (χ0n) is 12.4. The fourth-order valence-corrected chi connectivity index (χ4v) is 4.08. The minimum absolute atomic E-state index is 0.121. The number of fused-ring (bicyclic) bond motifs is 1. The lowest BCUT2D eigenvalue weighted by molar-refractivity contribution is -0.121. The van der Waals surface area contributed by atoms with Crippen LogP contribution in [0.3, 0.4) is 0 Å². The number of hydrogen-bond donors (Lipinski definition) is 1. The topological polar surface area (TPSA) is 41.6 Å². The van der Waals surface area contributed by atoms with Crippen LogP contribution in [0.4, 0.5) is 5.69 Å². The minimum Gasteiger partial charge on any atom is -0.381 e. The number of nitrogens with one attached hydrogen (secondary N) is 1. The third-order valence-electron chi connectivity index (χ3n) is 3.93. The van der Waals surface area contributed by atoms with Gasteiger partial charge in [-0.3, -0.25) is 4.79 Å². The number of carbonyl (C=O) groups excluding carboxylic acids is 1. The van der Waals surface area contributed by atoms with Gasteiger partial charge in [0, 0.05) is 35.9 Å². The Kier molecular flexibility index (Phi) is 4.70. The maximum absolute atomic E-state index is 12.3. The summed E-state index contributed by atoms with van der Waals surface area (Å²) in [6, 6.07) is 8.62. The standard InChI is InChI=1S/C16H22N2O2S/c1-12-10-18(14-4-2-3-5-15(14)21-12)11-16(19)17-13-6-8-20-9-7-13/h2-5,12-13H,6-11H2,1H3,(H,17,19)/t12-/m0/s1. The molecule has 1 N–H and O–H groups in total. The second-order valence-electron chi connectivity index (χ2n) is 5.73. The highest BCUT2D eigenvalue weighted by Crippen LogP contribution is 2.37. The first-order valence-corrected chi connectivity index (χ1v) is 8.48. The Balaban J connectivity index is 1.62. The number of benzene rings is 1. The molecule has 2 heterocycles. The van der Waals surface area contributed by atoms with Gasteiger partial charge in [0.15, 0.2) is 0 Å². The number of carbonyl (C=O) groups is 1. The van der Waals surface area contributed by atoms with Crippen molar-refractivity contribution >= 4 is 23.4 Å². The summed E-state index contributed by atoms with van der Waals surface area (Å²) in [5.41, 5.74) is 1.18. The van der Waals surface area contributed by atoms with Crippen molar-refractivity contribution in [2.24, 2.45) is 0 Å². The fraction of sp³-hybridized carbons (Fsp3) is 0.562. The van der Waals surface area contributed by atoms with E-state index in [0.717, 1.165) is 32.6 Å². The van der Waals surface area contributed by atoms with Gasteiger partial charge < -0.3 is 15.0 Å². The second kappa shape index (κ2) is 6.71. The molecule has 0 radical (unpaired) electrons. The van der Waals surface area contributed by atoms with E-state index < -0.39 is 0 Å². The van der Waals surface area contributed by atoms with E-state index in [1.165, 1.54) is 10.6 Å². The molecule has 3 rings (SSSR count). The molecule has 4 nitrogen and oxygen atoms in total. The van der Waals surface area contributed by atoms with Crippen molar-refractivity contribution in [1.82, 2.24) is 5.32 Å². The highest BCUT2D eigenvalue weighted by molar-refractivity contribution is 8.00. The Morgan fingerprint density at radius 3 is 2.95 bits per heavy atom. The predicted molar refractivity (Wildman–Crippen MR) is 86.0 cm³/mol. The molecule has 1 atom stereocenters. The molecule has 2 aliphatic rings. The van der Waals surface area contributed by atoms with E-state index in [2.05, 4.69) is 35.3 Å². The molecule has 1 amide bonds. The van der Waals surface area contributed by atoms with Gasteiger partial charge in [-0.25, -0.2) is 0 Å². The summed E-state index contributed by atoms with van der Waals surface area (Å²) < 4.78 is 5.33. The van der Waals surface area contributed by atoms with Crippen LogP contribution in [-0.4, -0.2) is 43.5 Å². The van der Waals surface area contributed by atoms with Crippen LogP contribution in [0.1, 0.15) is 19.8 Å². The van der Waals surface area contributed by atoms with Gasteiger partial charge in [0.2, 0.25) is 5.91 Å². The Labute approximate surface area is 130 Å². The average Bonchev–Trinajstić information content (AvgIpc) is 2.48. The van der Waals surface area contributed by atoms with Gasteiger partial charge in [-0.15, -0.1) is 11.8 Å². The first-order valence-electron chi connectivity index (χ1n) is 7.60. The van der Waals surface area contributed by atoms with Crippen molar-refractivity contribution in [3.05, 3.63) is 24.3 Å². The first kappa shape index (κ1) is 14.7. The molecule has 0 bridgehead atoms. The smallest absolute Gasteiger partial charge is 0.239 e. The number of nitrogens with zero attached hydrogens (tertiary/aromatic N) is 1. The zero-order valence-corrected chi connectivity index (χ0v) is 13.2. The average molecular weight is 306 g/mol. The fourth-order valence-electron chi connectivity index (χ4n) is 2.92. The molecule has 0 spiro atoms. The van der Waals surface area contributed by atoms with Crippen LogP contribution < -0.4 is 10.2 Å². The van der Waals surface area contributed by atoms with Gasteiger partial charge in [0.25, 0.3) is 0 Å². The van der Waals surface area contributed by atoms with E-state index in [1.807, 2.05) is 17.8 Å². The molecule has 5 heteroatoms. The largest absolute Gasteiger partial charge is 0.381 e. The monoisotopic (exact) mass is 306 g/mol. The second-order valence-corrected chi connectivity index (χ2v) is 7.21. The van der Waals surface area contributed by atoms with Crippen molar-refractivity contribution in [3.8, 4) is 0 Å². The summed E-state index contributed by atoms with van der Waals surface area (Å²) in [6.45, 7) is 5.09. The number of para-hydroxylation sites is 1. The van der Waals surface area contributed by atoms with Crippen molar-refractivity contribution < 1.29 is 9.53 Å². The summed E-state index contributed by atoms with van der Waals surface area (Å²) in [7, 11) is 0. The molecule has 0 unspecified atom stereocenters. The normalized spacial score (nSPS) is 22.7. The Morgan fingerprint density at radius 2 is 2.14 bits per heavy atom. The SMILES string of the molecule is C[C@H]1CN(CC(=O)NC2CCOCC2)c2ccccc2S1. The van der Waals surface area contributed by atoms with Crippen molar-refractivity contribution in [2.45, 2.75) is 36.0 Å². The summed E-state index contributed by atoms with van der Waals surface area (Å²) in [4.78, 5) is 15.8. The molecule has 114 valence electrons. The number of rotatable bonds is 3. The molecular formula is C16H22N2O2S. The number of ether oxygens (including phenoxy) is 1. The lowest BCUT2D eigenvalue weighted by Crippen LogP contribution is -2.46. The molecule has 1 aromatic carbocycles. The maximum atomic E-state index is 12.3. The van der Waals surface area contributed by atoms with Crippen LogP contribution in [0.25, 0.3) is 0 Å². The number of thioether (sulfide) groups is 1. The lowest BCUT2D eigenvalue weighted by Gasteiger charge is -2.34. The van der Waals surface area contributed by atoms with Crippen LogP contribution in [0, 0.1) is 0 Å². The minimum atomic E-state index is 0.121. The van der Waals surface area contributed by atoms with Crippen LogP contribution in [0.5, 0.6) is 0 Å². The van der Waals surface area contributed by atoms with Crippen molar-refractivity contribution in [2.75, 3.05) is 31.2 Å². The highest BCUT2D eigenvalue weighted by Gasteiger charge is 2.24. The molecule has 1 fully saturated rings. The summed E-state index contributed by atoms with van der Waals surface area (Å²) in [6.07, 6.45) is 1.85. The van der Waals surface area contributed by atoms with Crippen molar-refractivity contribution in [1.29, 1.82) is 0 Å². The van der Waals surface area contributed by atoms with E-state index in [1.54, 1.807) is 0 Å². The quantitative estimate of drug-likeness (QED) is 0.930. The first-order chi connectivity index (χ1) is 10.2. The molecule has 0 aliphatic carbocycles. The maximum Gasteiger partial charge on any atom is 0.239 e. The molecule has 1 saturated heterocycles. The molecular weight excluding hydrogens is 284 g/mol. The Morgan fingerprint density at radius 1 is 1.38 bits per heavy atom. The van der Waals surface area contributed by atoms with E-state index in [-0.39, 0.29) is 11.9 Å². The Bertz CT molecular complexity index is 503. The molecule has 1 aromatic rings. The van der Waals surface area contributed by atoms with E-state index in [4.69, 9.17) is 4.74 Å². The summed E-state index contributed by atoms with van der Waals surface area (Å²) >= 11 is 1.89. The van der Waals surface area contributed by atoms with Crippen LogP contribution in [0.2, 0.25) is 0 Å². The van der Waals surface area contributed by atoms with E-state index in [0.29, 0.717) is 11.8 Å². The highest BCUT2D eigenvalue weighted by atomic mass is 32.2. The van der Waals surface area contributed by atoms with Gasteiger partial charge in [-0.2, -0.15) is 0 Å². The Hall–Kier alpha value is -1.20. The van der Waals surface area contributed by atoms with Gasteiger partial charge in [-0.05, 0) is 25.0 Å². The van der Waals surface area contributed by atoms with E-state index >= 15 is 0 Å². The van der Waals surface area contributed by atoms with Gasteiger partial charge in [0.1, 0.15) is 0 Å². The van der Waals surface area contributed by atoms with Crippen LogP contribution in [-0.2, 0) is 9.53 Å². The molecule has 2 aliphatic heterocycles. The van der Waals surface area contributed by atoms with Gasteiger partial charge in [-0.1, -0.05) is 19.1 Å². The molecule has 21 heavy (non-hydrogen) atoms. The number of anilines is 1. The van der Waals surface area contributed by atoms with Crippen LogP contribution >= 0.6 is 11.8 Å². The third-order valence-corrected chi connectivity index (χ3v) is 5.08.